The fourth-order valence-corrected chi connectivity index (χ4v) is 2.34. The normalized spacial score (nSPS) is 11.6. The molecule has 5 nitrogen and oxygen atoms in total. The molecule has 2 N–H and O–H groups in total. The van der Waals surface area contributed by atoms with Crippen molar-refractivity contribution in [2.24, 2.45) is 0 Å². The highest BCUT2D eigenvalue weighted by molar-refractivity contribution is 6.03. The summed E-state index contributed by atoms with van der Waals surface area (Å²) < 4.78 is 13.2. The van der Waals surface area contributed by atoms with Gasteiger partial charge >= 0.3 is 0 Å². The van der Waals surface area contributed by atoms with Crippen molar-refractivity contribution in [3.8, 4) is 0 Å². The molecule has 2 aromatic carbocycles. The van der Waals surface area contributed by atoms with Crippen molar-refractivity contribution in [3.05, 3.63) is 83.7 Å². The van der Waals surface area contributed by atoms with Crippen molar-refractivity contribution < 1.29 is 9.18 Å². The van der Waals surface area contributed by atoms with Gasteiger partial charge in [-0.05, 0) is 42.8 Å². The number of hydrogen-bond donors (Lipinski definition) is 2. The highest BCUT2D eigenvalue weighted by atomic mass is 19.1. The second-order valence-electron chi connectivity index (χ2n) is 5.54. The SMILES string of the molecule is CC(Nc1ccc(NC(=O)c2cccc(F)c2)nn1)c1ccccc1. The van der Waals surface area contributed by atoms with Crippen LogP contribution in [0.2, 0.25) is 0 Å². The van der Waals surface area contributed by atoms with Gasteiger partial charge in [-0.15, -0.1) is 10.2 Å². The highest BCUT2D eigenvalue weighted by Crippen LogP contribution is 2.17. The van der Waals surface area contributed by atoms with E-state index in [2.05, 4.69) is 20.8 Å². The maximum absolute atomic E-state index is 13.2. The number of anilines is 2. The summed E-state index contributed by atoms with van der Waals surface area (Å²) in [4.78, 5) is 12.1. The number of halogens is 1. The molecule has 1 heterocycles. The Hall–Kier alpha value is -3.28. The molecule has 0 radical (unpaired) electrons. The van der Waals surface area contributed by atoms with Gasteiger partial charge in [-0.25, -0.2) is 4.39 Å². The van der Waals surface area contributed by atoms with Gasteiger partial charge < -0.3 is 10.6 Å². The van der Waals surface area contributed by atoms with E-state index in [9.17, 15) is 9.18 Å². The molecule has 1 atom stereocenters. The first kappa shape index (κ1) is 16.6. The summed E-state index contributed by atoms with van der Waals surface area (Å²) >= 11 is 0. The zero-order valence-corrected chi connectivity index (χ0v) is 13.6. The third kappa shape index (κ3) is 4.38. The van der Waals surface area contributed by atoms with Gasteiger partial charge in [-0.1, -0.05) is 36.4 Å². The van der Waals surface area contributed by atoms with E-state index < -0.39 is 11.7 Å². The predicted octanol–water partition coefficient (Wildman–Crippen LogP) is 4.04. The standard InChI is InChI=1S/C19H17FN4O/c1-13(14-6-3-2-4-7-14)21-17-10-11-18(24-23-17)22-19(25)15-8-5-9-16(20)12-15/h2-13H,1H3,(H,21,23)(H,22,24,25). The van der Waals surface area contributed by atoms with Gasteiger partial charge in [0.2, 0.25) is 0 Å². The number of carbonyl (C=O) groups excluding carboxylic acids is 1. The Bertz CT molecular complexity index is 853. The molecule has 0 aliphatic heterocycles. The molecule has 1 aromatic heterocycles. The van der Waals surface area contributed by atoms with E-state index in [4.69, 9.17) is 0 Å². The number of amides is 1. The molecule has 0 bridgehead atoms. The quantitative estimate of drug-likeness (QED) is 0.738. The van der Waals surface area contributed by atoms with Crippen molar-refractivity contribution in [1.82, 2.24) is 10.2 Å². The van der Waals surface area contributed by atoms with E-state index in [1.165, 1.54) is 24.3 Å². The van der Waals surface area contributed by atoms with Gasteiger partial charge in [0.15, 0.2) is 5.82 Å². The molecule has 0 saturated heterocycles. The Morgan fingerprint density at radius 3 is 2.36 bits per heavy atom. The van der Waals surface area contributed by atoms with Crippen LogP contribution in [0.25, 0.3) is 0 Å². The van der Waals surface area contributed by atoms with Crippen LogP contribution in [0.4, 0.5) is 16.0 Å². The Balaban J connectivity index is 1.63. The Kier molecular flexibility index (Phi) is 4.99. The van der Waals surface area contributed by atoms with E-state index in [0.29, 0.717) is 11.6 Å². The number of benzene rings is 2. The zero-order chi connectivity index (χ0) is 17.6. The lowest BCUT2D eigenvalue weighted by atomic mass is 10.1. The largest absolute Gasteiger partial charge is 0.362 e. The minimum atomic E-state index is -0.465. The van der Waals surface area contributed by atoms with Crippen LogP contribution >= 0.6 is 0 Å². The summed E-state index contributed by atoms with van der Waals surface area (Å²) in [5, 5.41) is 13.9. The molecule has 3 rings (SSSR count). The summed E-state index contributed by atoms with van der Waals surface area (Å²) in [7, 11) is 0. The fraction of sp³-hybridized carbons (Fsp3) is 0.105. The molecule has 126 valence electrons. The van der Waals surface area contributed by atoms with Crippen molar-refractivity contribution >= 4 is 17.5 Å². The van der Waals surface area contributed by atoms with Gasteiger partial charge in [0.05, 0.1) is 0 Å². The zero-order valence-electron chi connectivity index (χ0n) is 13.6. The first-order valence-corrected chi connectivity index (χ1v) is 7.84. The monoisotopic (exact) mass is 336 g/mol. The number of aromatic nitrogens is 2. The van der Waals surface area contributed by atoms with Crippen LogP contribution in [0, 0.1) is 5.82 Å². The third-order valence-electron chi connectivity index (χ3n) is 3.66. The van der Waals surface area contributed by atoms with Gasteiger partial charge in [-0.3, -0.25) is 4.79 Å². The smallest absolute Gasteiger partial charge is 0.256 e. The maximum Gasteiger partial charge on any atom is 0.256 e. The van der Waals surface area contributed by atoms with Crippen molar-refractivity contribution in [2.45, 2.75) is 13.0 Å². The van der Waals surface area contributed by atoms with Gasteiger partial charge in [0, 0.05) is 11.6 Å². The van der Waals surface area contributed by atoms with Crippen LogP contribution in [-0.2, 0) is 0 Å². The molecule has 0 fully saturated rings. The summed E-state index contributed by atoms with van der Waals surface area (Å²) in [6.07, 6.45) is 0. The number of rotatable bonds is 5. The number of hydrogen-bond acceptors (Lipinski definition) is 4. The minimum absolute atomic E-state index is 0.0724. The van der Waals surface area contributed by atoms with Crippen molar-refractivity contribution in [2.75, 3.05) is 10.6 Å². The third-order valence-corrected chi connectivity index (χ3v) is 3.66. The molecule has 6 heteroatoms. The lowest BCUT2D eigenvalue weighted by Gasteiger charge is -2.14. The van der Waals surface area contributed by atoms with Gasteiger partial charge in [-0.2, -0.15) is 0 Å². The van der Waals surface area contributed by atoms with Crippen LogP contribution in [0.15, 0.2) is 66.7 Å². The molecule has 1 unspecified atom stereocenters. The second kappa shape index (κ2) is 7.53. The molecule has 25 heavy (non-hydrogen) atoms. The first-order chi connectivity index (χ1) is 12.1. The second-order valence-corrected chi connectivity index (χ2v) is 5.54. The number of carbonyl (C=O) groups is 1. The molecular weight excluding hydrogens is 319 g/mol. The Morgan fingerprint density at radius 2 is 1.68 bits per heavy atom. The molecule has 0 spiro atoms. The van der Waals surface area contributed by atoms with Crippen molar-refractivity contribution in [1.29, 1.82) is 0 Å². The van der Waals surface area contributed by atoms with Crippen molar-refractivity contribution in [3.63, 3.8) is 0 Å². The molecular formula is C19H17FN4O. The lowest BCUT2D eigenvalue weighted by Crippen LogP contribution is -2.14. The maximum atomic E-state index is 13.2. The van der Waals surface area contributed by atoms with E-state index in [0.717, 1.165) is 5.56 Å². The Labute approximate surface area is 144 Å². The van der Waals surface area contributed by atoms with Gasteiger partial charge in [0.25, 0.3) is 5.91 Å². The lowest BCUT2D eigenvalue weighted by molar-refractivity contribution is 0.102. The molecule has 1 amide bonds. The summed E-state index contributed by atoms with van der Waals surface area (Å²) in [5.74, 6) is -0.00683. The summed E-state index contributed by atoms with van der Waals surface area (Å²) in [6.45, 7) is 2.02. The van der Waals surface area contributed by atoms with Crippen LogP contribution in [0.5, 0.6) is 0 Å². The molecule has 0 aliphatic rings. The van der Waals surface area contributed by atoms with E-state index in [-0.39, 0.29) is 11.6 Å². The van der Waals surface area contributed by atoms with E-state index >= 15 is 0 Å². The fourth-order valence-electron chi connectivity index (χ4n) is 2.34. The number of nitrogens with zero attached hydrogens (tertiary/aromatic N) is 2. The highest BCUT2D eigenvalue weighted by Gasteiger charge is 2.09. The molecule has 0 aliphatic carbocycles. The average molecular weight is 336 g/mol. The van der Waals surface area contributed by atoms with E-state index in [1.807, 2.05) is 37.3 Å². The summed E-state index contributed by atoms with van der Waals surface area (Å²) in [6, 6.07) is 18.9. The van der Waals surface area contributed by atoms with Crippen LogP contribution in [-0.4, -0.2) is 16.1 Å². The van der Waals surface area contributed by atoms with Gasteiger partial charge in [0.1, 0.15) is 11.6 Å². The predicted molar refractivity (Wildman–Crippen MR) is 94.9 cm³/mol. The molecule has 0 saturated carbocycles. The van der Waals surface area contributed by atoms with Crippen LogP contribution in [0.3, 0.4) is 0 Å². The first-order valence-electron chi connectivity index (χ1n) is 7.84. The van der Waals surface area contributed by atoms with E-state index in [1.54, 1.807) is 12.1 Å². The minimum Gasteiger partial charge on any atom is -0.362 e. The van der Waals surface area contributed by atoms with Crippen LogP contribution < -0.4 is 10.6 Å². The molecule has 3 aromatic rings. The number of nitrogens with one attached hydrogen (secondary N) is 2. The Morgan fingerprint density at radius 1 is 0.960 bits per heavy atom. The van der Waals surface area contributed by atoms with Crippen LogP contribution in [0.1, 0.15) is 28.9 Å². The average Bonchev–Trinajstić information content (AvgIpc) is 2.64. The summed E-state index contributed by atoms with van der Waals surface area (Å²) in [5.41, 5.74) is 1.36. The topological polar surface area (TPSA) is 66.9 Å².